The van der Waals surface area contributed by atoms with E-state index in [0.717, 1.165) is 37.9 Å². The molecule has 0 amide bonds. The van der Waals surface area contributed by atoms with E-state index in [9.17, 15) is 4.79 Å². The van der Waals surface area contributed by atoms with Crippen molar-refractivity contribution in [2.45, 2.75) is 44.6 Å². The van der Waals surface area contributed by atoms with E-state index >= 15 is 0 Å². The summed E-state index contributed by atoms with van der Waals surface area (Å²) in [4.78, 5) is 14.6. The first-order chi connectivity index (χ1) is 9.20. The van der Waals surface area contributed by atoms with E-state index in [-0.39, 0.29) is 12.0 Å². The van der Waals surface area contributed by atoms with Gasteiger partial charge < -0.3 is 4.74 Å². The van der Waals surface area contributed by atoms with E-state index in [0.29, 0.717) is 12.3 Å². The molecule has 3 heteroatoms. The van der Waals surface area contributed by atoms with Gasteiger partial charge in [-0.05, 0) is 50.8 Å². The number of hydrogen-bond donors (Lipinski definition) is 0. The molecule has 2 rings (SSSR count). The molecule has 2 fully saturated rings. The topological polar surface area (TPSA) is 29.5 Å². The zero-order valence-corrected chi connectivity index (χ0v) is 11.8. The predicted octanol–water partition coefficient (Wildman–Crippen LogP) is 2.93. The van der Waals surface area contributed by atoms with E-state index in [1.807, 2.05) is 0 Å². The maximum absolute atomic E-state index is 12.3. The van der Waals surface area contributed by atoms with Crippen LogP contribution in [-0.2, 0) is 9.53 Å². The summed E-state index contributed by atoms with van der Waals surface area (Å²) in [5, 5.41) is 0. The standard InChI is InChI=1S/C16H25NO2/c1-3-19-16-8-7-14(11-13(16)2)15(18)12-17-9-5-4-6-10-17/h3,14,16H,1-2,4-12H2. The van der Waals surface area contributed by atoms with Crippen LogP contribution in [-0.4, -0.2) is 36.4 Å². The average Bonchev–Trinajstić information content (AvgIpc) is 2.42. The molecule has 0 aromatic rings. The molecule has 0 radical (unpaired) electrons. The third kappa shape index (κ3) is 3.93. The molecule has 1 heterocycles. The van der Waals surface area contributed by atoms with Crippen LogP contribution in [0.4, 0.5) is 0 Å². The van der Waals surface area contributed by atoms with Gasteiger partial charge in [-0.1, -0.05) is 19.6 Å². The number of ketones is 1. The summed E-state index contributed by atoms with van der Waals surface area (Å²) >= 11 is 0. The van der Waals surface area contributed by atoms with Gasteiger partial charge in [0.15, 0.2) is 0 Å². The maximum Gasteiger partial charge on any atom is 0.150 e. The van der Waals surface area contributed by atoms with Gasteiger partial charge in [0.05, 0.1) is 12.8 Å². The van der Waals surface area contributed by atoms with Gasteiger partial charge in [0.2, 0.25) is 0 Å². The highest BCUT2D eigenvalue weighted by atomic mass is 16.5. The summed E-state index contributed by atoms with van der Waals surface area (Å²) in [5.74, 6) is 0.541. The van der Waals surface area contributed by atoms with Crippen LogP contribution in [0.25, 0.3) is 0 Å². The molecule has 1 aliphatic carbocycles. The lowest BCUT2D eigenvalue weighted by atomic mass is 9.81. The Morgan fingerprint density at radius 3 is 2.68 bits per heavy atom. The number of likely N-dealkylation sites (tertiary alicyclic amines) is 1. The quantitative estimate of drug-likeness (QED) is 0.564. The molecule has 3 nitrogen and oxygen atoms in total. The molecular formula is C16H25NO2. The fraction of sp³-hybridized carbons (Fsp3) is 0.688. The molecule has 0 aromatic heterocycles. The number of carbonyl (C=O) groups is 1. The Balaban J connectivity index is 1.80. The van der Waals surface area contributed by atoms with Crippen LogP contribution in [0.3, 0.4) is 0 Å². The number of nitrogens with zero attached hydrogens (tertiary/aromatic N) is 1. The normalized spacial score (nSPS) is 28.9. The fourth-order valence-electron chi connectivity index (χ4n) is 3.13. The van der Waals surface area contributed by atoms with E-state index in [1.54, 1.807) is 0 Å². The number of piperidine rings is 1. The van der Waals surface area contributed by atoms with E-state index in [1.165, 1.54) is 25.5 Å². The zero-order chi connectivity index (χ0) is 13.7. The van der Waals surface area contributed by atoms with Crippen LogP contribution < -0.4 is 0 Å². The minimum atomic E-state index is 0.0662. The molecule has 2 atom stereocenters. The Morgan fingerprint density at radius 1 is 1.32 bits per heavy atom. The number of rotatable bonds is 5. The van der Waals surface area contributed by atoms with Gasteiger partial charge in [-0.25, -0.2) is 0 Å². The van der Waals surface area contributed by atoms with E-state index < -0.39 is 0 Å². The smallest absolute Gasteiger partial charge is 0.150 e. The summed E-state index contributed by atoms with van der Waals surface area (Å²) < 4.78 is 5.42. The van der Waals surface area contributed by atoms with Crippen molar-refractivity contribution < 1.29 is 9.53 Å². The summed E-state index contributed by atoms with van der Waals surface area (Å²) in [6.45, 7) is 10.4. The Morgan fingerprint density at radius 2 is 2.05 bits per heavy atom. The lowest BCUT2D eigenvalue weighted by molar-refractivity contribution is -0.125. The van der Waals surface area contributed by atoms with Crippen LogP contribution in [0.2, 0.25) is 0 Å². The van der Waals surface area contributed by atoms with Gasteiger partial charge in [-0.2, -0.15) is 0 Å². The van der Waals surface area contributed by atoms with Crippen molar-refractivity contribution in [3.8, 4) is 0 Å². The monoisotopic (exact) mass is 263 g/mol. The minimum absolute atomic E-state index is 0.0662. The van der Waals surface area contributed by atoms with Gasteiger partial charge in [-0.15, -0.1) is 0 Å². The van der Waals surface area contributed by atoms with Crippen molar-refractivity contribution in [3.05, 3.63) is 25.0 Å². The summed E-state index contributed by atoms with van der Waals surface area (Å²) in [5.41, 5.74) is 1.04. The fourth-order valence-corrected chi connectivity index (χ4v) is 3.13. The highest BCUT2D eigenvalue weighted by molar-refractivity contribution is 5.83. The van der Waals surface area contributed by atoms with E-state index in [4.69, 9.17) is 4.74 Å². The second kappa shape index (κ2) is 6.90. The van der Waals surface area contributed by atoms with Crippen molar-refractivity contribution >= 4 is 5.78 Å². The van der Waals surface area contributed by atoms with Crippen molar-refractivity contribution in [1.29, 1.82) is 0 Å². The Hall–Kier alpha value is -1.09. The molecule has 1 saturated heterocycles. The maximum atomic E-state index is 12.3. The summed E-state index contributed by atoms with van der Waals surface area (Å²) in [7, 11) is 0. The highest BCUT2D eigenvalue weighted by Crippen LogP contribution is 2.30. The summed E-state index contributed by atoms with van der Waals surface area (Å²) in [6, 6.07) is 0. The van der Waals surface area contributed by atoms with Gasteiger partial charge in [0, 0.05) is 5.92 Å². The molecule has 0 N–H and O–H groups in total. The number of hydrogen-bond acceptors (Lipinski definition) is 3. The molecule has 1 saturated carbocycles. The Bertz CT molecular complexity index is 345. The zero-order valence-electron chi connectivity index (χ0n) is 11.8. The largest absolute Gasteiger partial charge is 0.494 e. The van der Waals surface area contributed by atoms with Crippen molar-refractivity contribution in [3.63, 3.8) is 0 Å². The number of carbonyl (C=O) groups excluding carboxylic acids is 1. The van der Waals surface area contributed by atoms with Crippen molar-refractivity contribution in [1.82, 2.24) is 4.90 Å². The molecular weight excluding hydrogens is 238 g/mol. The van der Waals surface area contributed by atoms with E-state index in [2.05, 4.69) is 18.1 Å². The van der Waals surface area contributed by atoms with Gasteiger partial charge in [0.25, 0.3) is 0 Å². The van der Waals surface area contributed by atoms with Crippen LogP contribution in [0.1, 0.15) is 38.5 Å². The average molecular weight is 263 g/mol. The van der Waals surface area contributed by atoms with Crippen LogP contribution in [0.5, 0.6) is 0 Å². The first kappa shape index (κ1) is 14.3. The van der Waals surface area contributed by atoms with Gasteiger partial charge in [0.1, 0.15) is 11.9 Å². The molecule has 19 heavy (non-hydrogen) atoms. The predicted molar refractivity (Wildman–Crippen MR) is 76.8 cm³/mol. The second-order valence-electron chi connectivity index (χ2n) is 5.73. The Kier molecular flexibility index (Phi) is 5.20. The second-order valence-corrected chi connectivity index (χ2v) is 5.73. The third-order valence-corrected chi connectivity index (χ3v) is 4.29. The summed E-state index contributed by atoms with van der Waals surface area (Å²) in [6.07, 6.45) is 7.92. The first-order valence-electron chi connectivity index (χ1n) is 7.40. The van der Waals surface area contributed by atoms with Crippen molar-refractivity contribution in [2.75, 3.05) is 19.6 Å². The molecule has 1 aliphatic heterocycles. The molecule has 2 aliphatic rings. The molecule has 0 bridgehead atoms. The van der Waals surface area contributed by atoms with Crippen LogP contribution >= 0.6 is 0 Å². The SMILES string of the molecule is C=COC1CCC(C(=O)CN2CCCCC2)CC1=C. The molecule has 0 spiro atoms. The number of Topliss-reactive ketones (excluding diaryl/α,β-unsaturated/α-hetero) is 1. The lowest BCUT2D eigenvalue weighted by Crippen LogP contribution is -2.38. The number of ether oxygens (including phenoxy) is 1. The van der Waals surface area contributed by atoms with Crippen LogP contribution in [0, 0.1) is 5.92 Å². The first-order valence-corrected chi connectivity index (χ1v) is 7.40. The lowest BCUT2D eigenvalue weighted by Gasteiger charge is -2.31. The third-order valence-electron chi connectivity index (χ3n) is 4.29. The molecule has 0 aromatic carbocycles. The highest BCUT2D eigenvalue weighted by Gasteiger charge is 2.30. The Labute approximate surface area is 116 Å². The molecule has 106 valence electrons. The molecule has 2 unspecified atom stereocenters. The van der Waals surface area contributed by atoms with Gasteiger partial charge >= 0.3 is 0 Å². The van der Waals surface area contributed by atoms with Crippen LogP contribution in [0.15, 0.2) is 25.0 Å². The van der Waals surface area contributed by atoms with Crippen molar-refractivity contribution in [2.24, 2.45) is 5.92 Å². The minimum Gasteiger partial charge on any atom is -0.494 e. The van der Waals surface area contributed by atoms with Gasteiger partial charge in [-0.3, -0.25) is 9.69 Å².